The molecule has 0 aliphatic carbocycles. The first-order valence-electron chi connectivity index (χ1n) is 7.10. The average molecular weight is 301 g/mol. The number of aliphatic carboxylic acids is 1. The fraction of sp³-hybridized carbons (Fsp3) is 0.294. The number of hydrogen-bond acceptors (Lipinski definition) is 4. The summed E-state index contributed by atoms with van der Waals surface area (Å²) in [5.41, 5.74) is 2.96. The molecule has 1 aromatic carbocycles. The Morgan fingerprint density at radius 1 is 1.23 bits per heavy atom. The Labute approximate surface area is 129 Å². The average Bonchev–Trinajstić information content (AvgIpc) is 2.47. The van der Waals surface area contributed by atoms with E-state index in [1.807, 2.05) is 31.2 Å². The molecule has 0 saturated carbocycles. The number of hydrogen-bond donors (Lipinski definition) is 2. The molecule has 5 heteroatoms. The third-order valence-electron chi connectivity index (χ3n) is 3.53. The molecule has 0 amide bonds. The second-order valence-electron chi connectivity index (χ2n) is 5.16. The van der Waals surface area contributed by atoms with Crippen molar-refractivity contribution < 1.29 is 19.4 Å². The molecule has 2 N–H and O–H groups in total. The highest BCUT2D eigenvalue weighted by molar-refractivity contribution is 5.95. The number of nitrogens with one attached hydrogen (secondary N) is 1. The van der Waals surface area contributed by atoms with Crippen LogP contribution in [0.25, 0.3) is 0 Å². The standard InChI is InChI=1S/C17H19NO4/c1-4-22-17(21)15-11(3)18-14(16(19)20)9-13(15)12-7-5-10(2)6-8-12/h5-9,13,18H,4H2,1-3H3,(H,19,20)/t13-/m1/s1. The van der Waals surface area contributed by atoms with Gasteiger partial charge in [0, 0.05) is 11.6 Å². The lowest BCUT2D eigenvalue weighted by Gasteiger charge is -2.25. The number of carboxylic acid groups (broad SMARTS) is 1. The van der Waals surface area contributed by atoms with Crippen molar-refractivity contribution >= 4 is 11.9 Å². The molecular formula is C17H19NO4. The highest BCUT2D eigenvalue weighted by Gasteiger charge is 2.30. The van der Waals surface area contributed by atoms with E-state index in [2.05, 4.69) is 5.32 Å². The number of carboxylic acids is 1. The van der Waals surface area contributed by atoms with Crippen LogP contribution in [-0.4, -0.2) is 23.7 Å². The number of carbonyl (C=O) groups excluding carboxylic acids is 1. The summed E-state index contributed by atoms with van der Waals surface area (Å²) in [7, 11) is 0. The molecule has 2 rings (SSSR count). The summed E-state index contributed by atoms with van der Waals surface area (Å²) in [5, 5.41) is 12.0. The van der Waals surface area contributed by atoms with Gasteiger partial charge in [0.1, 0.15) is 5.70 Å². The van der Waals surface area contributed by atoms with Crippen LogP contribution in [0.5, 0.6) is 0 Å². The number of rotatable bonds is 4. The molecule has 0 bridgehead atoms. The van der Waals surface area contributed by atoms with Crippen molar-refractivity contribution in [2.45, 2.75) is 26.7 Å². The van der Waals surface area contributed by atoms with Crippen molar-refractivity contribution in [3.8, 4) is 0 Å². The van der Waals surface area contributed by atoms with Crippen LogP contribution >= 0.6 is 0 Å². The molecule has 116 valence electrons. The van der Waals surface area contributed by atoms with E-state index < -0.39 is 17.9 Å². The molecule has 0 spiro atoms. The summed E-state index contributed by atoms with van der Waals surface area (Å²) in [6.07, 6.45) is 1.55. The summed E-state index contributed by atoms with van der Waals surface area (Å²) >= 11 is 0. The summed E-state index contributed by atoms with van der Waals surface area (Å²) in [4.78, 5) is 23.5. The number of benzene rings is 1. The summed E-state index contributed by atoms with van der Waals surface area (Å²) in [6.45, 7) is 5.66. The van der Waals surface area contributed by atoms with Crippen molar-refractivity contribution in [2.24, 2.45) is 0 Å². The summed E-state index contributed by atoms with van der Waals surface area (Å²) in [5.74, 6) is -1.93. The SMILES string of the molecule is CCOC(=O)C1=C(C)NC(C(=O)O)=C[C@@H]1c1ccc(C)cc1. The van der Waals surface area contributed by atoms with Crippen molar-refractivity contribution in [3.05, 3.63) is 58.4 Å². The smallest absolute Gasteiger partial charge is 0.351 e. The molecule has 1 aliphatic heterocycles. The highest BCUT2D eigenvalue weighted by atomic mass is 16.5. The zero-order chi connectivity index (χ0) is 16.3. The quantitative estimate of drug-likeness (QED) is 0.836. The van der Waals surface area contributed by atoms with Gasteiger partial charge in [-0.3, -0.25) is 0 Å². The number of aryl methyl sites for hydroxylation is 1. The van der Waals surface area contributed by atoms with Crippen molar-refractivity contribution in [1.82, 2.24) is 5.32 Å². The Hall–Kier alpha value is -2.56. The van der Waals surface area contributed by atoms with E-state index in [4.69, 9.17) is 4.74 Å². The van der Waals surface area contributed by atoms with Crippen LogP contribution in [0.2, 0.25) is 0 Å². The number of dihydropyridines is 1. The molecule has 5 nitrogen and oxygen atoms in total. The van der Waals surface area contributed by atoms with Crippen LogP contribution in [0.4, 0.5) is 0 Å². The Balaban J connectivity index is 2.49. The monoisotopic (exact) mass is 301 g/mol. The van der Waals surface area contributed by atoms with Gasteiger partial charge in [-0.05, 0) is 32.4 Å². The summed E-state index contributed by atoms with van der Waals surface area (Å²) in [6, 6.07) is 7.66. The van der Waals surface area contributed by atoms with E-state index in [0.29, 0.717) is 11.3 Å². The van der Waals surface area contributed by atoms with Crippen molar-refractivity contribution in [3.63, 3.8) is 0 Å². The Kier molecular flexibility index (Phi) is 4.65. The maximum atomic E-state index is 12.2. The Morgan fingerprint density at radius 2 is 1.86 bits per heavy atom. The lowest BCUT2D eigenvalue weighted by atomic mass is 9.86. The third kappa shape index (κ3) is 3.19. The Bertz CT molecular complexity index is 656. The molecule has 1 atom stereocenters. The molecule has 0 fully saturated rings. The molecule has 1 aliphatic rings. The fourth-order valence-corrected chi connectivity index (χ4v) is 2.44. The molecule has 0 saturated heterocycles. The number of ether oxygens (including phenoxy) is 1. The van der Waals surface area contributed by atoms with Gasteiger partial charge in [0.05, 0.1) is 12.2 Å². The van der Waals surface area contributed by atoms with Crippen molar-refractivity contribution in [2.75, 3.05) is 6.61 Å². The van der Waals surface area contributed by atoms with Crippen LogP contribution in [-0.2, 0) is 14.3 Å². The van der Waals surface area contributed by atoms with Gasteiger partial charge in [0.15, 0.2) is 0 Å². The van der Waals surface area contributed by atoms with Crippen LogP contribution in [0, 0.1) is 6.92 Å². The van der Waals surface area contributed by atoms with E-state index in [9.17, 15) is 14.7 Å². The molecular weight excluding hydrogens is 282 g/mol. The second kappa shape index (κ2) is 6.47. The maximum Gasteiger partial charge on any atom is 0.351 e. The molecule has 1 heterocycles. The van der Waals surface area contributed by atoms with Gasteiger partial charge < -0.3 is 15.2 Å². The molecule has 1 aromatic rings. The highest BCUT2D eigenvalue weighted by Crippen LogP contribution is 2.33. The first kappa shape index (κ1) is 15.8. The minimum atomic E-state index is -1.06. The van der Waals surface area contributed by atoms with Crippen LogP contribution in [0.15, 0.2) is 47.3 Å². The van der Waals surface area contributed by atoms with Gasteiger partial charge in [0.25, 0.3) is 0 Å². The van der Waals surface area contributed by atoms with Gasteiger partial charge in [-0.25, -0.2) is 9.59 Å². The van der Waals surface area contributed by atoms with E-state index >= 15 is 0 Å². The number of esters is 1. The first-order chi connectivity index (χ1) is 10.4. The van der Waals surface area contributed by atoms with E-state index in [0.717, 1.165) is 11.1 Å². The van der Waals surface area contributed by atoms with Gasteiger partial charge in [0.2, 0.25) is 0 Å². The molecule has 0 aromatic heterocycles. The minimum absolute atomic E-state index is 0.0659. The number of allylic oxidation sites excluding steroid dienone is 2. The van der Waals surface area contributed by atoms with Crippen LogP contribution < -0.4 is 5.32 Å². The normalized spacial score (nSPS) is 17.6. The van der Waals surface area contributed by atoms with E-state index in [1.165, 1.54) is 0 Å². The van der Waals surface area contributed by atoms with Gasteiger partial charge in [-0.15, -0.1) is 0 Å². The summed E-state index contributed by atoms with van der Waals surface area (Å²) < 4.78 is 5.11. The van der Waals surface area contributed by atoms with Gasteiger partial charge >= 0.3 is 11.9 Å². The predicted octanol–water partition coefficient (Wildman–Crippen LogP) is 2.49. The minimum Gasteiger partial charge on any atom is -0.477 e. The van der Waals surface area contributed by atoms with Crippen molar-refractivity contribution in [1.29, 1.82) is 0 Å². The molecule has 0 unspecified atom stereocenters. The second-order valence-corrected chi connectivity index (χ2v) is 5.16. The maximum absolute atomic E-state index is 12.2. The largest absolute Gasteiger partial charge is 0.477 e. The first-order valence-corrected chi connectivity index (χ1v) is 7.10. The van der Waals surface area contributed by atoms with Crippen LogP contribution in [0.3, 0.4) is 0 Å². The van der Waals surface area contributed by atoms with E-state index in [1.54, 1.807) is 19.9 Å². The lowest BCUT2D eigenvalue weighted by molar-refractivity contribution is -0.139. The van der Waals surface area contributed by atoms with Gasteiger partial charge in [-0.2, -0.15) is 0 Å². The fourth-order valence-electron chi connectivity index (χ4n) is 2.44. The molecule has 22 heavy (non-hydrogen) atoms. The predicted molar refractivity (Wildman–Crippen MR) is 82.1 cm³/mol. The Morgan fingerprint density at radius 3 is 2.41 bits per heavy atom. The third-order valence-corrected chi connectivity index (χ3v) is 3.53. The molecule has 0 radical (unpaired) electrons. The number of carbonyl (C=O) groups is 2. The van der Waals surface area contributed by atoms with E-state index in [-0.39, 0.29) is 12.3 Å². The topological polar surface area (TPSA) is 75.6 Å². The lowest BCUT2D eigenvalue weighted by Crippen LogP contribution is -2.29. The van der Waals surface area contributed by atoms with Gasteiger partial charge in [-0.1, -0.05) is 29.8 Å². The zero-order valence-electron chi connectivity index (χ0n) is 12.8. The van der Waals surface area contributed by atoms with Crippen LogP contribution in [0.1, 0.15) is 30.9 Å². The zero-order valence-corrected chi connectivity index (χ0v) is 12.8.